The Bertz CT molecular complexity index is 1250. The number of aromatic nitrogens is 4. The van der Waals surface area contributed by atoms with E-state index >= 15 is 0 Å². The number of nitriles is 1. The minimum atomic E-state index is -3.15. The zero-order chi connectivity index (χ0) is 22.5. The number of pyridine rings is 1. The van der Waals surface area contributed by atoms with Crippen molar-refractivity contribution in [3.63, 3.8) is 0 Å². The number of ether oxygens (including phenoxy) is 1. The van der Waals surface area contributed by atoms with Crippen LogP contribution in [-0.2, 0) is 10.2 Å². The highest BCUT2D eigenvalue weighted by Gasteiger charge is 2.43. The Hall–Kier alpha value is -3.75. The fourth-order valence-corrected chi connectivity index (χ4v) is 3.84. The number of carbonyl (C=O) groups excluding carboxylic acids is 1. The van der Waals surface area contributed by atoms with Crippen LogP contribution in [0.3, 0.4) is 0 Å². The molecule has 1 N–H and O–H groups in total. The number of carbonyl (C=O) groups is 1. The van der Waals surface area contributed by atoms with E-state index in [0.29, 0.717) is 17.7 Å². The fourth-order valence-electron chi connectivity index (χ4n) is 3.84. The summed E-state index contributed by atoms with van der Waals surface area (Å²) in [5.41, 5.74) is -0.215. The van der Waals surface area contributed by atoms with Gasteiger partial charge in [-0.25, -0.2) is 14.5 Å². The monoisotopic (exact) mass is 434 g/mol. The smallest absolute Gasteiger partial charge is 0.388 e. The molecule has 12 heteroatoms. The van der Waals surface area contributed by atoms with Gasteiger partial charge in [0.15, 0.2) is 5.65 Å². The van der Waals surface area contributed by atoms with Gasteiger partial charge in [-0.15, -0.1) is 5.10 Å². The highest BCUT2D eigenvalue weighted by atomic mass is 19.3. The van der Waals surface area contributed by atoms with E-state index in [4.69, 9.17) is 5.26 Å². The fraction of sp³-hybridized carbons (Fsp3) is 0.316. The van der Waals surface area contributed by atoms with Gasteiger partial charge in [0.05, 0.1) is 23.5 Å². The van der Waals surface area contributed by atoms with Crippen molar-refractivity contribution >= 4 is 17.2 Å². The lowest BCUT2D eigenvalue weighted by molar-refractivity contribution is -0.117. The second kappa shape index (κ2) is 7.19. The van der Waals surface area contributed by atoms with Gasteiger partial charge in [-0.1, -0.05) is 13.8 Å². The van der Waals surface area contributed by atoms with Gasteiger partial charge in [-0.3, -0.25) is 4.79 Å². The first-order chi connectivity index (χ1) is 14.6. The molecule has 160 valence electrons. The molecule has 0 fully saturated rings. The van der Waals surface area contributed by atoms with Crippen LogP contribution in [0.2, 0.25) is 0 Å². The van der Waals surface area contributed by atoms with E-state index in [0.717, 1.165) is 16.8 Å². The molecule has 8 nitrogen and oxygen atoms in total. The van der Waals surface area contributed by atoms with Crippen molar-refractivity contribution in [2.45, 2.75) is 38.2 Å². The number of alkyl halides is 2. The van der Waals surface area contributed by atoms with Crippen LogP contribution in [0.4, 0.5) is 23.2 Å². The van der Waals surface area contributed by atoms with Crippen molar-refractivity contribution < 1.29 is 27.1 Å². The number of rotatable bonds is 4. The summed E-state index contributed by atoms with van der Waals surface area (Å²) in [5, 5.41) is 15.3. The molecule has 0 unspecified atom stereocenters. The maximum Gasteiger partial charge on any atom is 0.388 e. The summed E-state index contributed by atoms with van der Waals surface area (Å²) < 4.78 is 57.6. The quantitative estimate of drug-likeness (QED) is 0.632. The molecule has 4 rings (SSSR count). The highest BCUT2D eigenvalue weighted by molar-refractivity contribution is 5.96. The summed E-state index contributed by atoms with van der Waals surface area (Å²) >= 11 is 0. The Morgan fingerprint density at radius 2 is 2.10 bits per heavy atom. The Labute approximate surface area is 172 Å². The van der Waals surface area contributed by atoms with Gasteiger partial charge in [0, 0.05) is 17.2 Å². The van der Waals surface area contributed by atoms with Crippen LogP contribution < -0.4 is 10.1 Å². The lowest BCUT2D eigenvalue weighted by Crippen LogP contribution is -2.22. The molecule has 1 amide bonds. The molecule has 0 saturated heterocycles. The first kappa shape index (κ1) is 20.5. The molecule has 0 bridgehead atoms. The SMILES string of the molecule is CC1(C)C[C@H](C(=O)Nc2cnc(OC(F)F)c(C#N)c2)c2cnc3c(F)c(F)nn3c21. The van der Waals surface area contributed by atoms with Crippen molar-refractivity contribution in [3.05, 3.63) is 47.0 Å². The standard InChI is InChI=1S/C19H14F4N6O2/c1-19(2)4-10(11-7-25-15-12(20)14(21)28-29(15)13(11)19)16(30)27-9-3-8(5-24)17(26-6-9)31-18(22)23/h3,6-7,10,18H,4H2,1-2H3,(H,27,30)/t10-/m0/s1. The molecule has 0 saturated carbocycles. The summed E-state index contributed by atoms with van der Waals surface area (Å²) in [5.74, 6) is -4.25. The molecule has 1 aliphatic rings. The summed E-state index contributed by atoms with van der Waals surface area (Å²) in [6, 6.07) is 2.83. The average Bonchev–Trinajstić information content (AvgIpc) is 3.15. The zero-order valence-electron chi connectivity index (χ0n) is 16.2. The van der Waals surface area contributed by atoms with E-state index in [1.165, 1.54) is 6.20 Å². The van der Waals surface area contributed by atoms with E-state index < -0.39 is 41.5 Å². The van der Waals surface area contributed by atoms with Gasteiger partial charge < -0.3 is 10.1 Å². The van der Waals surface area contributed by atoms with Crippen LogP contribution in [0.15, 0.2) is 18.5 Å². The molecule has 31 heavy (non-hydrogen) atoms. The third-order valence-corrected chi connectivity index (χ3v) is 5.06. The van der Waals surface area contributed by atoms with E-state index in [9.17, 15) is 22.4 Å². The number of halogens is 4. The summed E-state index contributed by atoms with van der Waals surface area (Å²) in [6.07, 6.45) is 2.69. The maximum absolute atomic E-state index is 13.9. The lowest BCUT2D eigenvalue weighted by atomic mass is 9.88. The van der Waals surface area contributed by atoms with Crippen molar-refractivity contribution in [1.29, 1.82) is 5.26 Å². The number of fused-ring (bicyclic) bond motifs is 3. The molecule has 0 spiro atoms. The van der Waals surface area contributed by atoms with Crippen LogP contribution in [0.1, 0.15) is 43.0 Å². The van der Waals surface area contributed by atoms with Crippen molar-refractivity contribution in [1.82, 2.24) is 19.6 Å². The van der Waals surface area contributed by atoms with Crippen LogP contribution in [0.5, 0.6) is 5.88 Å². The van der Waals surface area contributed by atoms with Gasteiger partial charge >= 0.3 is 6.61 Å². The van der Waals surface area contributed by atoms with Crippen LogP contribution in [0, 0.1) is 23.1 Å². The van der Waals surface area contributed by atoms with Crippen molar-refractivity contribution in [2.24, 2.45) is 0 Å². The molecule has 1 atom stereocenters. The van der Waals surface area contributed by atoms with Crippen molar-refractivity contribution in [2.75, 3.05) is 5.32 Å². The van der Waals surface area contributed by atoms with Gasteiger partial charge in [-0.2, -0.15) is 22.8 Å². The molecule has 3 heterocycles. The summed E-state index contributed by atoms with van der Waals surface area (Å²) in [6.45, 7) is 0.461. The van der Waals surface area contributed by atoms with Gasteiger partial charge in [-0.05, 0) is 12.5 Å². The minimum absolute atomic E-state index is 0.0969. The number of hydrogen-bond donors (Lipinski definition) is 1. The Morgan fingerprint density at radius 1 is 1.35 bits per heavy atom. The Morgan fingerprint density at radius 3 is 2.77 bits per heavy atom. The lowest BCUT2D eigenvalue weighted by Gasteiger charge is -2.19. The molecule has 0 aliphatic heterocycles. The van der Waals surface area contributed by atoms with Crippen molar-refractivity contribution in [3.8, 4) is 11.9 Å². The predicted octanol–water partition coefficient (Wildman–Crippen LogP) is 3.28. The molecule has 0 aromatic carbocycles. The highest BCUT2D eigenvalue weighted by Crippen LogP contribution is 2.46. The molecule has 3 aromatic rings. The Kier molecular flexibility index (Phi) is 4.76. The number of hydrogen-bond acceptors (Lipinski definition) is 6. The van der Waals surface area contributed by atoms with E-state index in [1.807, 2.05) is 13.8 Å². The molecular weight excluding hydrogens is 420 g/mol. The van der Waals surface area contributed by atoms with E-state index in [1.54, 1.807) is 6.07 Å². The number of amides is 1. The summed E-state index contributed by atoms with van der Waals surface area (Å²) in [4.78, 5) is 20.5. The largest absolute Gasteiger partial charge is 0.415 e. The number of nitrogens with one attached hydrogen (secondary N) is 1. The molecule has 3 aromatic heterocycles. The maximum atomic E-state index is 13.9. The summed E-state index contributed by atoms with van der Waals surface area (Å²) in [7, 11) is 0. The van der Waals surface area contributed by atoms with Gasteiger partial charge in [0.25, 0.3) is 5.95 Å². The average molecular weight is 434 g/mol. The third-order valence-electron chi connectivity index (χ3n) is 5.06. The van der Waals surface area contributed by atoms with Crippen LogP contribution >= 0.6 is 0 Å². The molecular formula is C19H14F4N6O2. The van der Waals surface area contributed by atoms with Crippen LogP contribution in [0.25, 0.3) is 5.65 Å². The van der Waals surface area contributed by atoms with Gasteiger partial charge in [0.2, 0.25) is 17.6 Å². The Balaban J connectivity index is 1.67. The molecule has 0 radical (unpaired) electrons. The molecule has 1 aliphatic carbocycles. The van der Waals surface area contributed by atoms with Crippen LogP contribution in [-0.4, -0.2) is 32.1 Å². The van der Waals surface area contributed by atoms with E-state index in [2.05, 4.69) is 25.1 Å². The minimum Gasteiger partial charge on any atom is -0.415 e. The first-order valence-corrected chi connectivity index (χ1v) is 9.01. The number of anilines is 1. The second-order valence-electron chi connectivity index (χ2n) is 7.60. The second-order valence-corrected chi connectivity index (χ2v) is 7.60. The third kappa shape index (κ3) is 3.41. The predicted molar refractivity (Wildman–Crippen MR) is 97.5 cm³/mol. The normalized spacial score (nSPS) is 16.9. The zero-order valence-corrected chi connectivity index (χ0v) is 16.2. The number of nitrogens with zero attached hydrogens (tertiary/aromatic N) is 5. The van der Waals surface area contributed by atoms with E-state index in [-0.39, 0.29) is 16.9 Å². The topological polar surface area (TPSA) is 105 Å². The van der Waals surface area contributed by atoms with Gasteiger partial charge in [0.1, 0.15) is 11.6 Å². The first-order valence-electron chi connectivity index (χ1n) is 9.01.